The molecule has 3 heterocycles. The monoisotopic (exact) mass is 447 g/mol. The molecule has 5 rings (SSSR count). The summed E-state index contributed by atoms with van der Waals surface area (Å²) < 4.78 is 23.3. The number of hydrogen-bond donors (Lipinski definition) is 1. The molecule has 1 N–H and O–H groups in total. The van der Waals surface area contributed by atoms with Gasteiger partial charge in [-0.15, -0.1) is 0 Å². The van der Waals surface area contributed by atoms with Crippen molar-refractivity contribution >= 4 is 21.8 Å². The Hall–Kier alpha value is -3.29. The molecule has 172 valence electrons. The largest absolute Gasteiger partial charge is 0.493 e. The molecule has 0 amide bonds. The van der Waals surface area contributed by atoms with Gasteiger partial charge in [0.2, 0.25) is 0 Å². The number of aromatic nitrogens is 2. The Bertz CT molecular complexity index is 1250. The maximum atomic E-state index is 6.25. The molecule has 1 fully saturated rings. The van der Waals surface area contributed by atoms with Crippen LogP contribution in [0.25, 0.3) is 21.8 Å². The average molecular weight is 448 g/mol. The van der Waals surface area contributed by atoms with Gasteiger partial charge in [-0.25, -0.2) is 0 Å². The fourth-order valence-corrected chi connectivity index (χ4v) is 4.23. The first kappa shape index (κ1) is 21.6. The predicted octanol–water partition coefficient (Wildman–Crippen LogP) is 4.93. The highest BCUT2D eigenvalue weighted by atomic mass is 16.5. The summed E-state index contributed by atoms with van der Waals surface area (Å²) >= 11 is 0. The molecule has 1 aliphatic heterocycles. The van der Waals surface area contributed by atoms with E-state index in [-0.39, 0.29) is 0 Å². The lowest BCUT2D eigenvalue weighted by atomic mass is 10.1. The third-order valence-electron chi connectivity index (χ3n) is 5.92. The maximum absolute atomic E-state index is 6.25. The lowest BCUT2D eigenvalue weighted by Crippen LogP contribution is -2.37. The third kappa shape index (κ3) is 4.89. The number of ether oxygens (including phenoxy) is 4. The number of fused-ring (bicyclic) bond motifs is 2. The molecule has 0 saturated carbocycles. The summed E-state index contributed by atoms with van der Waals surface area (Å²) in [7, 11) is 1.65. The van der Waals surface area contributed by atoms with Crippen LogP contribution in [0, 0.1) is 6.92 Å². The van der Waals surface area contributed by atoms with Crippen molar-refractivity contribution in [3.05, 3.63) is 54.4 Å². The first-order chi connectivity index (χ1) is 16.2. The van der Waals surface area contributed by atoms with E-state index in [4.69, 9.17) is 18.9 Å². The zero-order valence-electron chi connectivity index (χ0n) is 19.1. The second kappa shape index (κ2) is 9.68. The van der Waals surface area contributed by atoms with Gasteiger partial charge in [-0.2, -0.15) is 0 Å². The highest BCUT2D eigenvalue weighted by molar-refractivity contribution is 5.88. The Morgan fingerprint density at radius 3 is 2.76 bits per heavy atom. The Labute approximate surface area is 193 Å². The highest BCUT2D eigenvalue weighted by Crippen LogP contribution is 2.37. The molecule has 2 aromatic heterocycles. The van der Waals surface area contributed by atoms with Crippen molar-refractivity contribution in [2.75, 3.05) is 46.6 Å². The molecule has 0 radical (unpaired) electrons. The van der Waals surface area contributed by atoms with E-state index in [0.29, 0.717) is 18.1 Å². The second-order valence-electron chi connectivity index (χ2n) is 8.29. The van der Waals surface area contributed by atoms with Crippen LogP contribution in [0.1, 0.15) is 12.1 Å². The van der Waals surface area contributed by atoms with Gasteiger partial charge in [-0.1, -0.05) is 0 Å². The van der Waals surface area contributed by atoms with Crippen LogP contribution >= 0.6 is 0 Å². The van der Waals surface area contributed by atoms with Crippen LogP contribution in [0.4, 0.5) is 0 Å². The molecule has 7 heteroatoms. The fourth-order valence-electron chi connectivity index (χ4n) is 4.23. The molecule has 0 atom stereocenters. The lowest BCUT2D eigenvalue weighted by Gasteiger charge is -2.26. The third-order valence-corrected chi connectivity index (χ3v) is 5.92. The van der Waals surface area contributed by atoms with E-state index >= 15 is 0 Å². The van der Waals surface area contributed by atoms with Crippen LogP contribution in [0.2, 0.25) is 0 Å². The van der Waals surface area contributed by atoms with Crippen molar-refractivity contribution in [3.63, 3.8) is 0 Å². The van der Waals surface area contributed by atoms with Crippen molar-refractivity contribution in [2.24, 2.45) is 0 Å². The zero-order chi connectivity index (χ0) is 22.6. The summed E-state index contributed by atoms with van der Waals surface area (Å²) in [5.74, 6) is 2.87. The molecule has 0 unspecified atom stereocenters. The number of aromatic amines is 1. The van der Waals surface area contributed by atoms with E-state index in [1.807, 2.05) is 43.3 Å². The van der Waals surface area contributed by atoms with Gasteiger partial charge >= 0.3 is 0 Å². The van der Waals surface area contributed by atoms with Gasteiger partial charge < -0.3 is 23.9 Å². The van der Waals surface area contributed by atoms with Gasteiger partial charge in [-0.3, -0.25) is 9.88 Å². The SMILES string of the molecule is COc1cc2c(Oc3ccc4[nH]c(C)cc4c3)ccnc2cc1OCCCN1CCOCC1. The number of methoxy groups -OCH3 is 1. The summed E-state index contributed by atoms with van der Waals surface area (Å²) in [5.41, 5.74) is 3.02. The molecule has 4 aromatic rings. The summed E-state index contributed by atoms with van der Waals surface area (Å²) in [4.78, 5) is 10.3. The van der Waals surface area contributed by atoms with E-state index in [1.165, 1.54) is 0 Å². The van der Waals surface area contributed by atoms with Crippen LogP contribution in [0.15, 0.2) is 48.7 Å². The van der Waals surface area contributed by atoms with Crippen LogP contribution in [0.5, 0.6) is 23.0 Å². The summed E-state index contributed by atoms with van der Waals surface area (Å²) in [6.07, 6.45) is 2.70. The van der Waals surface area contributed by atoms with Gasteiger partial charge in [0.15, 0.2) is 11.5 Å². The van der Waals surface area contributed by atoms with Gasteiger partial charge in [-0.05, 0) is 49.7 Å². The summed E-state index contributed by atoms with van der Waals surface area (Å²) in [6.45, 7) is 7.27. The number of pyridine rings is 1. The van der Waals surface area contributed by atoms with Crippen molar-refractivity contribution in [1.29, 1.82) is 0 Å². The molecule has 7 nitrogen and oxygen atoms in total. The minimum absolute atomic E-state index is 0.617. The van der Waals surface area contributed by atoms with Gasteiger partial charge in [0.1, 0.15) is 11.5 Å². The van der Waals surface area contributed by atoms with Gasteiger partial charge in [0.05, 0.1) is 32.4 Å². The number of aryl methyl sites for hydroxylation is 1. The molecule has 0 bridgehead atoms. The topological polar surface area (TPSA) is 68.8 Å². The molecular weight excluding hydrogens is 418 g/mol. The average Bonchev–Trinajstić information content (AvgIpc) is 3.21. The van der Waals surface area contributed by atoms with Gasteiger partial charge in [0.25, 0.3) is 0 Å². The summed E-state index contributed by atoms with van der Waals surface area (Å²) in [6, 6.07) is 13.9. The van der Waals surface area contributed by atoms with E-state index in [0.717, 1.165) is 78.3 Å². The van der Waals surface area contributed by atoms with Crippen molar-refractivity contribution in [1.82, 2.24) is 14.9 Å². The van der Waals surface area contributed by atoms with Crippen LogP contribution in [0.3, 0.4) is 0 Å². The Morgan fingerprint density at radius 1 is 1.03 bits per heavy atom. The molecule has 2 aromatic carbocycles. The molecule has 1 aliphatic rings. The van der Waals surface area contributed by atoms with Gasteiger partial charge in [0, 0.05) is 53.9 Å². The molecule has 0 spiro atoms. The molecule has 0 aliphatic carbocycles. The number of rotatable bonds is 8. The number of morpholine rings is 1. The smallest absolute Gasteiger partial charge is 0.163 e. The van der Waals surface area contributed by atoms with Crippen molar-refractivity contribution in [2.45, 2.75) is 13.3 Å². The molecular formula is C26H29N3O4. The minimum atomic E-state index is 0.617. The number of H-pyrrole nitrogens is 1. The number of nitrogens with one attached hydrogen (secondary N) is 1. The first-order valence-corrected chi connectivity index (χ1v) is 11.4. The second-order valence-corrected chi connectivity index (χ2v) is 8.29. The quantitative estimate of drug-likeness (QED) is 0.387. The van der Waals surface area contributed by atoms with Crippen LogP contribution in [-0.2, 0) is 4.74 Å². The molecule has 33 heavy (non-hydrogen) atoms. The Kier molecular flexibility index (Phi) is 6.32. The van der Waals surface area contributed by atoms with Crippen molar-refractivity contribution < 1.29 is 18.9 Å². The first-order valence-electron chi connectivity index (χ1n) is 11.4. The van der Waals surface area contributed by atoms with E-state index in [2.05, 4.69) is 20.9 Å². The van der Waals surface area contributed by atoms with E-state index in [1.54, 1.807) is 13.3 Å². The Morgan fingerprint density at radius 2 is 1.91 bits per heavy atom. The van der Waals surface area contributed by atoms with Crippen LogP contribution < -0.4 is 14.2 Å². The zero-order valence-corrected chi connectivity index (χ0v) is 19.1. The standard InChI is InChI=1S/C26H29N3O4/c1-18-14-19-15-20(4-5-22(19)28-18)33-24-6-7-27-23-17-26(25(30-2)16-21(23)24)32-11-3-8-29-9-12-31-13-10-29/h4-7,14-17,28H,3,8-13H2,1-2H3. The highest BCUT2D eigenvalue weighted by Gasteiger charge is 2.14. The number of nitrogens with zero attached hydrogens (tertiary/aromatic N) is 2. The van der Waals surface area contributed by atoms with Crippen molar-refractivity contribution in [3.8, 4) is 23.0 Å². The number of benzene rings is 2. The maximum Gasteiger partial charge on any atom is 0.163 e. The number of hydrogen-bond acceptors (Lipinski definition) is 6. The van der Waals surface area contributed by atoms with Crippen LogP contribution in [-0.4, -0.2) is 61.4 Å². The lowest BCUT2D eigenvalue weighted by molar-refractivity contribution is 0.0357. The summed E-state index contributed by atoms with van der Waals surface area (Å²) in [5, 5.41) is 1.99. The van der Waals surface area contributed by atoms with E-state index < -0.39 is 0 Å². The van der Waals surface area contributed by atoms with E-state index in [9.17, 15) is 0 Å². The fraction of sp³-hybridized carbons (Fsp3) is 0.346. The minimum Gasteiger partial charge on any atom is -0.493 e. The molecule has 1 saturated heterocycles. The Balaban J connectivity index is 1.32. The predicted molar refractivity (Wildman–Crippen MR) is 129 cm³/mol. The normalized spacial score (nSPS) is 14.6.